The lowest BCUT2D eigenvalue weighted by molar-refractivity contribution is 0.0564. The van der Waals surface area contributed by atoms with Crippen molar-refractivity contribution >= 4 is 21.7 Å². The number of hydrogen-bond donors (Lipinski definition) is 0. The summed E-state index contributed by atoms with van der Waals surface area (Å²) in [4.78, 5) is 12.4. The van der Waals surface area contributed by atoms with Gasteiger partial charge < -0.3 is 9.47 Å². The van der Waals surface area contributed by atoms with Gasteiger partial charge in [0.15, 0.2) is 0 Å². The predicted molar refractivity (Wildman–Crippen MR) is 71.8 cm³/mol. The number of ketones is 1. The van der Waals surface area contributed by atoms with Crippen LogP contribution in [0.25, 0.3) is 0 Å². The lowest BCUT2D eigenvalue weighted by Gasteiger charge is -2.14. The normalized spacial score (nSPS) is 12.7. The molecule has 0 amide bonds. The molecule has 0 aliphatic carbocycles. The fourth-order valence-electron chi connectivity index (χ4n) is 1.73. The maximum atomic E-state index is 12.4. The van der Waals surface area contributed by atoms with Gasteiger partial charge in [0, 0.05) is 14.2 Å². The number of carbonyl (C=O) groups is 1. The van der Waals surface area contributed by atoms with Crippen LogP contribution in [0.3, 0.4) is 0 Å². The van der Waals surface area contributed by atoms with Gasteiger partial charge >= 0.3 is 0 Å². The van der Waals surface area contributed by atoms with Gasteiger partial charge in [-0.2, -0.15) is 5.10 Å². The molecule has 1 atom stereocenters. The molecular formula is C12H19BrN2O3. The van der Waals surface area contributed by atoms with Gasteiger partial charge in [-0.1, -0.05) is 13.3 Å². The van der Waals surface area contributed by atoms with E-state index in [1.54, 1.807) is 25.1 Å². The second-order valence-corrected chi connectivity index (χ2v) is 4.79. The van der Waals surface area contributed by atoms with Crippen molar-refractivity contribution in [3.8, 4) is 0 Å². The van der Waals surface area contributed by atoms with Crippen molar-refractivity contribution < 1.29 is 14.3 Å². The molecular weight excluding hydrogens is 300 g/mol. The molecule has 5 nitrogen and oxygen atoms in total. The minimum absolute atomic E-state index is 0.0418. The highest BCUT2D eigenvalue weighted by Crippen LogP contribution is 2.20. The monoisotopic (exact) mass is 318 g/mol. The average molecular weight is 319 g/mol. The van der Waals surface area contributed by atoms with Gasteiger partial charge in [0.2, 0.25) is 5.78 Å². The van der Waals surface area contributed by atoms with Crippen LogP contribution < -0.4 is 0 Å². The maximum absolute atomic E-state index is 12.4. The van der Waals surface area contributed by atoms with Crippen LogP contribution in [0.1, 0.15) is 30.3 Å². The van der Waals surface area contributed by atoms with Crippen molar-refractivity contribution in [1.82, 2.24) is 9.78 Å². The third-order valence-electron chi connectivity index (χ3n) is 2.66. The second kappa shape index (κ2) is 7.66. The van der Waals surface area contributed by atoms with Crippen molar-refractivity contribution in [2.24, 2.45) is 0 Å². The first-order valence-corrected chi connectivity index (χ1v) is 6.72. The smallest absolute Gasteiger partial charge is 0.210 e. The highest BCUT2D eigenvalue weighted by molar-refractivity contribution is 9.10. The highest BCUT2D eigenvalue weighted by Gasteiger charge is 2.25. The number of rotatable bonds is 8. The van der Waals surface area contributed by atoms with Crippen molar-refractivity contribution in [3.05, 3.63) is 16.4 Å². The van der Waals surface area contributed by atoms with Crippen molar-refractivity contribution in [1.29, 1.82) is 0 Å². The molecule has 0 saturated carbocycles. The van der Waals surface area contributed by atoms with Gasteiger partial charge in [0.05, 0.1) is 23.8 Å². The van der Waals surface area contributed by atoms with E-state index in [0.717, 1.165) is 6.42 Å². The fourth-order valence-corrected chi connectivity index (χ4v) is 2.22. The molecule has 6 heteroatoms. The zero-order chi connectivity index (χ0) is 13.5. The molecule has 0 spiro atoms. The number of hydrogen-bond acceptors (Lipinski definition) is 4. The molecule has 0 aliphatic rings. The number of carbonyl (C=O) groups excluding carboxylic acids is 1. The number of halogens is 1. The molecule has 1 unspecified atom stereocenters. The molecule has 102 valence electrons. The van der Waals surface area contributed by atoms with E-state index in [9.17, 15) is 4.79 Å². The molecule has 0 bridgehead atoms. The molecule has 0 fully saturated rings. The van der Waals surface area contributed by atoms with Gasteiger partial charge in [0.25, 0.3) is 0 Å². The van der Waals surface area contributed by atoms with Crippen LogP contribution >= 0.6 is 15.9 Å². The van der Waals surface area contributed by atoms with Crippen LogP contribution in [0.2, 0.25) is 0 Å². The summed E-state index contributed by atoms with van der Waals surface area (Å²) in [5.74, 6) is -0.0418. The quantitative estimate of drug-likeness (QED) is 0.690. The van der Waals surface area contributed by atoms with Gasteiger partial charge in [-0.15, -0.1) is 0 Å². The van der Waals surface area contributed by atoms with E-state index in [0.29, 0.717) is 29.7 Å². The SMILES string of the molecule is CCCC(OC)C(=O)c1c(Br)cnn1CCOC. The Hall–Kier alpha value is -0.720. The number of nitrogens with zero attached hydrogens (tertiary/aromatic N) is 2. The third-order valence-corrected chi connectivity index (χ3v) is 3.24. The molecule has 0 saturated heterocycles. The van der Waals surface area contributed by atoms with Crippen LogP contribution in [-0.2, 0) is 16.0 Å². The van der Waals surface area contributed by atoms with Gasteiger partial charge in [-0.05, 0) is 22.4 Å². The standard InChI is InChI=1S/C12H19BrN2O3/c1-4-5-10(18-3)12(16)11-9(13)8-14-15(11)6-7-17-2/h8,10H,4-7H2,1-3H3. The summed E-state index contributed by atoms with van der Waals surface area (Å²) < 4.78 is 12.6. The van der Waals surface area contributed by atoms with Crippen LogP contribution in [0, 0.1) is 0 Å². The number of ether oxygens (including phenoxy) is 2. The largest absolute Gasteiger partial charge is 0.383 e. The van der Waals surface area contributed by atoms with E-state index in [4.69, 9.17) is 9.47 Å². The summed E-state index contributed by atoms with van der Waals surface area (Å²) in [6.07, 6.45) is 2.82. The highest BCUT2D eigenvalue weighted by atomic mass is 79.9. The van der Waals surface area contributed by atoms with Crippen molar-refractivity contribution in [2.75, 3.05) is 20.8 Å². The van der Waals surface area contributed by atoms with Crippen LogP contribution in [0.4, 0.5) is 0 Å². The molecule has 0 radical (unpaired) electrons. The van der Waals surface area contributed by atoms with Crippen LogP contribution in [0.15, 0.2) is 10.7 Å². The molecule has 0 aliphatic heterocycles. The Balaban J connectivity index is 2.92. The van der Waals surface area contributed by atoms with E-state index >= 15 is 0 Å². The van der Waals surface area contributed by atoms with Gasteiger partial charge in [0.1, 0.15) is 11.8 Å². The lowest BCUT2D eigenvalue weighted by atomic mass is 10.1. The molecule has 1 rings (SSSR count). The molecule has 0 aromatic carbocycles. The van der Waals surface area contributed by atoms with Crippen molar-refractivity contribution in [2.45, 2.75) is 32.4 Å². The van der Waals surface area contributed by atoms with E-state index < -0.39 is 6.10 Å². The topological polar surface area (TPSA) is 53.3 Å². The molecule has 18 heavy (non-hydrogen) atoms. The summed E-state index contributed by atoms with van der Waals surface area (Å²) in [5, 5.41) is 4.16. The Morgan fingerprint density at radius 1 is 1.56 bits per heavy atom. The predicted octanol–water partition coefficient (Wildman–Crippen LogP) is 2.29. The third kappa shape index (κ3) is 3.63. The van der Waals surface area contributed by atoms with E-state index in [-0.39, 0.29) is 5.78 Å². The zero-order valence-corrected chi connectivity index (χ0v) is 12.6. The number of aromatic nitrogens is 2. The first-order chi connectivity index (χ1) is 8.65. The maximum Gasteiger partial charge on any atom is 0.210 e. The Bertz CT molecular complexity index is 393. The minimum Gasteiger partial charge on any atom is -0.383 e. The minimum atomic E-state index is -0.413. The molecule has 0 N–H and O–H groups in total. The van der Waals surface area contributed by atoms with Crippen LogP contribution in [0.5, 0.6) is 0 Å². The van der Waals surface area contributed by atoms with E-state index in [1.807, 2.05) is 6.92 Å². The van der Waals surface area contributed by atoms with Gasteiger partial charge in [-0.3, -0.25) is 9.48 Å². The summed E-state index contributed by atoms with van der Waals surface area (Å²) in [6, 6.07) is 0. The Morgan fingerprint density at radius 3 is 2.83 bits per heavy atom. The van der Waals surface area contributed by atoms with E-state index in [1.165, 1.54) is 0 Å². The second-order valence-electron chi connectivity index (χ2n) is 3.93. The zero-order valence-electron chi connectivity index (χ0n) is 11.0. The first-order valence-electron chi connectivity index (χ1n) is 5.92. The van der Waals surface area contributed by atoms with E-state index in [2.05, 4.69) is 21.0 Å². The van der Waals surface area contributed by atoms with Gasteiger partial charge in [-0.25, -0.2) is 0 Å². The average Bonchev–Trinajstić information content (AvgIpc) is 2.73. The Kier molecular flexibility index (Phi) is 6.52. The summed E-state index contributed by atoms with van der Waals surface area (Å²) >= 11 is 3.36. The number of methoxy groups -OCH3 is 2. The molecule has 1 aromatic rings. The first kappa shape index (κ1) is 15.3. The summed E-state index contributed by atoms with van der Waals surface area (Å²) in [5.41, 5.74) is 0.548. The molecule has 1 heterocycles. The Morgan fingerprint density at radius 2 is 2.28 bits per heavy atom. The summed E-state index contributed by atoms with van der Waals surface area (Å²) in [7, 11) is 3.18. The fraction of sp³-hybridized carbons (Fsp3) is 0.667. The molecule has 1 aromatic heterocycles. The van der Waals surface area contributed by atoms with Crippen molar-refractivity contribution in [3.63, 3.8) is 0 Å². The number of Topliss-reactive ketones (excluding diaryl/α,β-unsaturated/α-hetero) is 1. The Labute approximate surface area is 116 Å². The van der Waals surface area contributed by atoms with Crippen LogP contribution in [-0.4, -0.2) is 42.5 Å². The lowest BCUT2D eigenvalue weighted by Crippen LogP contribution is -2.26. The summed E-state index contributed by atoms with van der Waals surface area (Å²) in [6.45, 7) is 3.09.